The van der Waals surface area contributed by atoms with Gasteiger partial charge in [-0.3, -0.25) is 9.11 Å². The second-order valence-electron chi connectivity index (χ2n) is 0.231. The molecule has 0 radical (unpaired) electrons. The van der Waals surface area contributed by atoms with E-state index in [2.05, 4.69) is 0 Å². The van der Waals surface area contributed by atoms with E-state index in [0.29, 0.717) is 0 Å². The molecule has 0 unspecified atom stereocenters. The van der Waals surface area contributed by atoms with Gasteiger partial charge in [-0.1, -0.05) is 0 Å². The summed E-state index contributed by atoms with van der Waals surface area (Å²) in [5.74, 6) is 0. The molecule has 0 saturated heterocycles. The van der Waals surface area contributed by atoms with Crippen LogP contribution in [-0.4, -0.2) is 13.3 Å². The fraction of sp³-hybridized carbons (Fsp3) is 0. The minimum atomic E-state index is -2.61. The molecule has 0 atom stereocenters. The summed E-state index contributed by atoms with van der Waals surface area (Å²) in [6, 6.07) is 0. The monoisotopic (exact) mass is 558 g/mol. The molecule has 0 bridgehead atoms. The summed E-state index contributed by atoms with van der Waals surface area (Å²) in [7, 11) is 0. The van der Waals surface area contributed by atoms with E-state index in [-0.39, 0.29) is 62.2 Å². The summed E-state index contributed by atoms with van der Waals surface area (Å²) in [6.07, 6.45) is 0. The Bertz CT molecular complexity index is 31.8. The maximum Gasteiger partial charge on any atom is 0.299 e. The molecule has 6 heteroatoms. The molecule has 0 aromatic heterocycles. The molecule has 0 aliphatic carbocycles. The molecule has 0 aromatic rings. The van der Waals surface area contributed by atoms with Gasteiger partial charge in [-0.05, 0) is 0 Å². The molecule has 0 aromatic carbocycles. The van der Waals surface area contributed by atoms with Crippen molar-refractivity contribution in [2.24, 2.45) is 0 Å². The van der Waals surface area contributed by atoms with Crippen LogP contribution in [0.1, 0.15) is 0 Å². The Kier molecular flexibility index (Phi) is 26.8. The van der Waals surface area contributed by atoms with Crippen molar-refractivity contribution in [2.75, 3.05) is 0 Å². The SMILES string of the molecule is O=S(O)O.[U].[U]. The van der Waals surface area contributed by atoms with Crippen molar-refractivity contribution in [1.29, 1.82) is 0 Å². The van der Waals surface area contributed by atoms with Crippen LogP contribution >= 0.6 is 0 Å². The van der Waals surface area contributed by atoms with Gasteiger partial charge in [0.25, 0.3) is 11.4 Å². The molecule has 34 valence electrons. The van der Waals surface area contributed by atoms with Gasteiger partial charge in [-0.25, -0.2) is 0 Å². The van der Waals surface area contributed by atoms with E-state index in [1.807, 2.05) is 0 Å². The Morgan fingerprint density at radius 3 is 1.17 bits per heavy atom. The molecule has 0 aliphatic heterocycles. The van der Waals surface area contributed by atoms with E-state index < -0.39 is 11.4 Å². The smallest absolute Gasteiger partial charge is 0.284 e. The van der Waals surface area contributed by atoms with Gasteiger partial charge in [0.2, 0.25) is 0 Å². The molecule has 0 saturated carbocycles. The van der Waals surface area contributed by atoms with E-state index in [1.54, 1.807) is 0 Å². The topological polar surface area (TPSA) is 57.5 Å². The molecule has 0 aliphatic rings. The first-order chi connectivity index (χ1) is 1.73. The Balaban J connectivity index is -0.0000000450. The Hall–Kier alpha value is 2.17. The van der Waals surface area contributed by atoms with Crippen molar-refractivity contribution >= 4 is 11.4 Å². The van der Waals surface area contributed by atoms with Gasteiger partial charge >= 0.3 is 0 Å². The third kappa shape index (κ3) is 35.0. The molecule has 6 heavy (non-hydrogen) atoms. The molecule has 2 N–H and O–H groups in total. The first-order valence-corrected chi connectivity index (χ1v) is 1.60. The summed E-state index contributed by atoms with van der Waals surface area (Å²) in [5.41, 5.74) is 0. The quantitative estimate of drug-likeness (QED) is 0.402. The van der Waals surface area contributed by atoms with Crippen molar-refractivity contribution in [1.82, 2.24) is 0 Å². The largest absolute Gasteiger partial charge is 0.299 e. The van der Waals surface area contributed by atoms with Gasteiger partial charge in [0, 0.05) is 62.2 Å². The zero-order chi connectivity index (χ0) is 3.58. The molecule has 0 amide bonds. The minimum Gasteiger partial charge on any atom is -0.284 e. The summed E-state index contributed by atoms with van der Waals surface area (Å²) >= 11 is -2.61. The van der Waals surface area contributed by atoms with Crippen LogP contribution in [0.15, 0.2) is 0 Å². The Morgan fingerprint density at radius 1 is 1.17 bits per heavy atom. The van der Waals surface area contributed by atoms with Crippen LogP contribution in [0.3, 0.4) is 0 Å². The van der Waals surface area contributed by atoms with E-state index in [1.165, 1.54) is 0 Å². The van der Waals surface area contributed by atoms with Crippen molar-refractivity contribution in [2.45, 2.75) is 0 Å². The molecule has 3 nitrogen and oxygen atoms in total. The van der Waals surface area contributed by atoms with Gasteiger partial charge in [0.05, 0.1) is 0 Å². The van der Waals surface area contributed by atoms with E-state index >= 15 is 0 Å². The van der Waals surface area contributed by atoms with E-state index in [4.69, 9.17) is 13.3 Å². The third-order valence-electron chi connectivity index (χ3n) is 0. The van der Waals surface area contributed by atoms with Crippen molar-refractivity contribution in [3.63, 3.8) is 0 Å². The second kappa shape index (κ2) is 10.2. The fourth-order valence-electron chi connectivity index (χ4n) is 0. The van der Waals surface area contributed by atoms with E-state index in [0.717, 1.165) is 0 Å². The summed E-state index contributed by atoms with van der Waals surface area (Å²) in [6.45, 7) is 0. The number of hydrogen-bond donors (Lipinski definition) is 2. The molecule has 0 fully saturated rings. The first kappa shape index (κ1) is 15.7. The maximum absolute atomic E-state index is 8.67. The normalized spacial score (nSPS) is 5.83. The summed E-state index contributed by atoms with van der Waals surface area (Å²) < 4.78 is 22.8. The predicted octanol–water partition coefficient (Wildman–Crippen LogP) is -0.319. The van der Waals surface area contributed by atoms with Gasteiger partial charge in [-0.2, -0.15) is 4.21 Å². The van der Waals surface area contributed by atoms with Crippen molar-refractivity contribution in [3.8, 4) is 0 Å². The van der Waals surface area contributed by atoms with Crippen LogP contribution < -0.4 is 0 Å². The van der Waals surface area contributed by atoms with Crippen molar-refractivity contribution < 1.29 is 75.5 Å². The van der Waals surface area contributed by atoms with Crippen molar-refractivity contribution in [3.05, 3.63) is 0 Å². The van der Waals surface area contributed by atoms with Crippen LogP contribution in [0.5, 0.6) is 0 Å². The van der Waals surface area contributed by atoms with Crippen LogP contribution in [0, 0.1) is 62.2 Å². The third-order valence-corrected chi connectivity index (χ3v) is 0. The Morgan fingerprint density at radius 2 is 1.17 bits per heavy atom. The standard InChI is InChI=1S/H2O3S.2U/c1-4(2)3;;/h(H2,1,2,3);;. The van der Waals surface area contributed by atoms with Crippen LogP contribution in [0.4, 0.5) is 0 Å². The summed E-state index contributed by atoms with van der Waals surface area (Å²) in [5, 5.41) is 0. The molecule has 0 heterocycles. The van der Waals surface area contributed by atoms with Crippen LogP contribution in [0.25, 0.3) is 0 Å². The predicted molar refractivity (Wildman–Crippen MR) is 13.4 cm³/mol. The van der Waals surface area contributed by atoms with Gasteiger partial charge in [0.15, 0.2) is 0 Å². The Labute approximate surface area is 85.5 Å². The maximum atomic E-state index is 8.67. The first-order valence-electron chi connectivity index (χ1n) is 0.532. The molecular formula is H2O3SU2. The summed E-state index contributed by atoms with van der Waals surface area (Å²) in [4.78, 5) is 0. The van der Waals surface area contributed by atoms with E-state index in [9.17, 15) is 0 Å². The van der Waals surface area contributed by atoms with Gasteiger partial charge in [0.1, 0.15) is 0 Å². The number of rotatable bonds is 0. The average molecular weight is 558 g/mol. The average Bonchev–Trinajstić information content (AvgIpc) is 0.811. The van der Waals surface area contributed by atoms with Gasteiger partial charge < -0.3 is 0 Å². The molecular weight excluding hydrogens is 556 g/mol. The zero-order valence-electron chi connectivity index (χ0n) is 2.71. The fourth-order valence-corrected chi connectivity index (χ4v) is 0. The number of hydrogen-bond acceptors (Lipinski definition) is 1. The zero-order valence-corrected chi connectivity index (χ0v) is 11.9. The van der Waals surface area contributed by atoms with Gasteiger partial charge in [-0.15, -0.1) is 0 Å². The van der Waals surface area contributed by atoms with Crippen LogP contribution in [0.2, 0.25) is 0 Å². The second-order valence-corrected chi connectivity index (χ2v) is 0.692. The van der Waals surface area contributed by atoms with Crippen LogP contribution in [-0.2, 0) is 11.4 Å². The minimum absolute atomic E-state index is 0. The molecule has 0 rings (SSSR count). The molecule has 0 spiro atoms.